The van der Waals surface area contributed by atoms with E-state index in [4.69, 9.17) is 10.5 Å². The minimum absolute atomic E-state index is 0.608. The normalized spacial score (nSPS) is 11.8. The SMILES string of the molecule is COc1ccc(/C(=C(/CCN)c2ccccc2)c2ccccc2)cc1. The van der Waals surface area contributed by atoms with E-state index in [-0.39, 0.29) is 0 Å². The zero-order valence-electron chi connectivity index (χ0n) is 14.5. The molecule has 0 bridgehead atoms. The molecular weight excluding hydrogens is 306 g/mol. The van der Waals surface area contributed by atoms with Crippen molar-refractivity contribution in [2.24, 2.45) is 5.73 Å². The molecule has 25 heavy (non-hydrogen) atoms. The second-order valence-electron chi connectivity index (χ2n) is 5.85. The Bertz CT molecular complexity index is 821. The maximum absolute atomic E-state index is 5.95. The number of benzene rings is 3. The summed E-state index contributed by atoms with van der Waals surface area (Å²) in [5.74, 6) is 0.858. The Morgan fingerprint density at radius 1 is 0.720 bits per heavy atom. The molecule has 0 aliphatic rings. The van der Waals surface area contributed by atoms with Crippen LogP contribution in [0.15, 0.2) is 84.9 Å². The molecule has 0 heterocycles. The first-order valence-corrected chi connectivity index (χ1v) is 8.52. The van der Waals surface area contributed by atoms with Crippen molar-refractivity contribution < 1.29 is 4.74 Å². The fourth-order valence-corrected chi connectivity index (χ4v) is 3.07. The molecule has 3 aromatic carbocycles. The summed E-state index contributed by atoms with van der Waals surface area (Å²) >= 11 is 0. The molecule has 2 nitrogen and oxygen atoms in total. The predicted molar refractivity (Wildman–Crippen MR) is 105 cm³/mol. The standard InChI is InChI=1S/C23H23NO/c1-25-21-14-12-20(13-15-21)23(19-10-6-3-7-11-19)22(16-17-24)18-8-4-2-5-9-18/h2-15H,16-17,24H2,1H3/b23-22-. The predicted octanol–water partition coefficient (Wildman–Crippen LogP) is 5.00. The van der Waals surface area contributed by atoms with Crippen molar-refractivity contribution in [3.05, 3.63) is 102 Å². The molecule has 0 fully saturated rings. The molecular formula is C23H23NO. The fourth-order valence-electron chi connectivity index (χ4n) is 3.07. The van der Waals surface area contributed by atoms with Gasteiger partial charge in [-0.05, 0) is 52.9 Å². The molecule has 0 aromatic heterocycles. The van der Waals surface area contributed by atoms with Crippen molar-refractivity contribution in [3.8, 4) is 5.75 Å². The highest BCUT2D eigenvalue weighted by Gasteiger charge is 2.13. The van der Waals surface area contributed by atoms with E-state index < -0.39 is 0 Å². The summed E-state index contributed by atoms with van der Waals surface area (Å²) in [5.41, 5.74) is 12.0. The molecule has 3 aromatic rings. The van der Waals surface area contributed by atoms with E-state index in [9.17, 15) is 0 Å². The lowest BCUT2D eigenvalue weighted by Gasteiger charge is -2.17. The van der Waals surface area contributed by atoms with Crippen molar-refractivity contribution in [1.82, 2.24) is 0 Å². The van der Waals surface area contributed by atoms with Crippen LogP contribution in [-0.4, -0.2) is 13.7 Å². The Hall–Kier alpha value is -2.84. The first-order valence-electron chi connectivity index (χ1n) is 8.52. The number of methoxy groups -OCH3 is 1. The first kappa shape index (κ1) is 17.0. The molecule has 0 amide bonds. The highest BCUT2D eigenvalue weighted by molar-refractivity contribution is 5.98. The van der Waals surface area contributed by atoms with Crippen LogP contribution in [0.1, 0.15) is 23.1 Å². The van der Waals surface area contributed by atoms with Gasteiger partial charge in [0.25, 0.3) is 0 Å². The Balaban J connectivity index is 2.23. The summed E-state index contributed by atoms with van der Waals surface area (Å²) in [6.45, 7) is 0.608. The molecule has 0 aliphatic carbocycles. The van der Waals surface area contributed by atoms with Gasteiger partial charge in [-0.25, -0.2) is 0 Å². The molecule has 2 heteroatoms. The largest absolute Gasteiger partial charge is 0.497 e. The van der Waals surface area contributed by atoms with E-state index in [0.717, 1.165) is 12.2 Å². The topological polar surface area (TPSA) is 35.2 Å². The van der Waals surface area contributed by atoms with Crippen LogP contribution >= 0.6 is 0 Å². The van der Waals surface area contributed by atoms with Crippen molar-refractivity contribution in [1.29, 1.82) is 0 Å². The first-order chi connectivity index (χ1) is 12.3. The third-order valence-electron chi connectivity index (χ3n) is 4.26. The summed E-state index contributed by atoms with van der Waals surface area (Å²) in [7, 11) is 1.69. The number of hydrogen-bond acceptors (Lipinski definition) is 2. The monoisotopic (exact) mass is 329 g/mol. The molecule has 0 spiro atoms. The second-order valence-corrected chi connectivity index (χ2v) is 5.85. The Labute approximate surface area is 149 Å². The van der Waals surface area contributed by atoms with Crippen molar-refractivity contribution in [2.45, 2.75) is 6.42 Å². The zero-order valence-corrected chi connectivity index (χ0v) is 14.5. The van der Waals surface area contributed by atoms with Crippen LogP contribution in [0.4, 0.5) is 0 Å². The van der Waals surface area contributed by atoms with Crippen molar-refractivity contribution in [3.63, 3.8) is 0 Å². The quantitative estimate of drug-likeness (QED) is 0.646. The molecule has 0 radical (unpaired) electrons. The molecule has 0 aliphatic heterocycles. The summed E-state index contributed by atoms with van der Waals surface area (Å²) < 4.78 is 5.31. The molecule has 2 N–H and O–H groups in total. The van der Waals surface area contributed by atoms with E-state index in [1.54, 1.807) is 7.11 Å². The molecule has 126 valence electrons. The number of ether oxygens (including phenoxy) is 1. The van der Waals surface area contributed by atoms with Crippen molar-refractivity contribution >= 4 is 11.1 Å². The van der Waals surface area contributed by atoms with Crippen LogP contribution in [0, 0.1) is 0 Å². The van der Waals surface area contributed by atoms with Crippen LogP contribution in [-0.2, 0) is 0 Å². The molecule has 0 saturated carbocycles. The van der Waals surface area contributed by atoms with Gasteiger partial charge in [0.1, 0.15) is 5.75 Å². The van der Waals surface area contributed by atoms with E-state index in [0.29, 0.717) is 6.54 Å². The highest BCUT2D eigenvalue weighted by atomic mass is 16.5. The average molecular weight is 329 g/mol. The number of hydrogen-bond donors (Lipinski definition) is 1. The van der Waals surface area contributed by atoms with Crippen LogP contribution in [0.25, 0.3) is 11.1 Å². The van der Waals surface area contributed by atoms with E-state index in [1.165, 1.54) is 27.8 Å². The third kappa shape index (κ3) is 3.98. The minimum atomic E-state index is 0.608. The van der Waals surface area contributed by atoms with Crippen LogP contribution in [0.3, 0.4) is 0 Å². The van der Waals surface area contributed by atoms with Gasteiger partial charge in [-0.15, -0.1) is 0 Å². The summed E-state index contributed by atoms with van der Waals surface area (Å²) in [5, 5.41) is 0. The smallest absolute Gasteiger partial charge is 0.118 e. The summed E-state index contributed by atoms with van der Waals surface area (Å²) in [6.07, 6.45) is 0.820. The van der Waals surface area contributed by atoms with Crippen LogP contribution in [0.2, 0.25) is 0 Å². The van der Waals surface area contributed by atoms with Crippen molar-refractivity contribution in [2.75, 3.05) is 13.7 Å². The second kappa shape index (κ2) is 8.32. The lowest BCUT2D eigenvalue weighted by molar-refractivity contribution is 0.415. The molecule has 0 atom stereocenters. The van der Waals surface area contributed by atoms with Crippen LogP contribution < -0.4 is 10.5 Å². The van der Waals surface area contributed by atoms with Gasteiger partial charge >= 0.3 is 0 Å². The van der Waals surface area contributed by atoms with E-state index >= 15 is 0 Å². The molecule has 3 rings (SSSR count). The zero-order chi connectivity index (χ0) is 17.5. The van der Waals surface area contributed by atoms with Gasteiger partial charge in [-0.1, -0.05) is 72.8 Å². The van der Waals surface area contributed by atoms with E-state index in [1.807, 2.05) is 24.3 Å². The third-order valence-corrected chi connectivity index (χ3v) is 4.26. The lowest BCUT2D eigenvalue weighted by Crippen LogP contribution is -2.03. The summed E-state index contributed by atoms with van der Waals surface area (Å²) in [4.78, 5) is 0. The summed E-state index contributed by atoms with van der Waals surface area (Å²) in [6, 6.07) is 29.2. The minimum Gasteiger partial charge on any atom is -0.497 e. The maximum Gasteiger partial charge on any atom is 0.118 e. The Kier molecular flexibility index (Phi) is 5.65. The Morgan fingerprint density at radius 3 is 1.76 bits per heavy atom. The molecule has 0 saturated heterocycles. The maximum atomic E-state index is 5.95. The van der Waals surface area contributed by atoms with Gasteiger partial charge in [0.2, 0.25) is 0 Å². The average Bonchev–Trinajstić information content (AvgIpc) is 2.69. The lowest BCUT2D eigenvalue weighted by atomic mass is 9.88. The fraction of sp³-hybridized carbons (Fsp3) is 0.130. The van der Waals surface area contributed by atoms with Gasteiger partial charge in [-0.2, -0.15) is 0 Å². The number of nitrogens with two attached hydrogens (primary N) is 1. The Morgan fingerprint density at radius 2 is 1.24 bits per heavy atom. The van der Waals surface area contributed by atoms with Gasteiger partial charge < -0.3 is 10.5 Å². The van der Waals surface area contributed by atoms with Gasteiger partial charge in [0.05, 0.1) is 7.11 Å². The highest BCUT2D eigenvalue weighted by Crippen LogP contribution is 2.34. The van der Waals surface area contributed by atoms with Gasteiger partial charge in [0.15, 0.2) is 0 Å². The van der Waals surface area contributed by atoms with Gasteiger partial charge in [-0.3, -0.25) is 0 Å². The van der Waals surface area contributed by atoms with Crippen LogP contribution in [0.5, 0.6) is 5.75 Å². The van der Waals surface area contributed by atoms with Gasteiger partial charge in [0, 0.05) is 0 Å². The molecule has 0 unspecified atom stereocenters. The number of rotatable bonds is 6. The van der Waals surface area contributed by atoms with E-state index in [2.05, 4.69) is 60.7 Å².